The molecule has 1 aromatic carbocycles. The molecule has 0 radical (unpaired) electrons. The van der Waals surface area contributed by atoms with E-state index in [1.807, 2.05) is 6.07 Å². The molecule has 0 heterocycles. The predicted octanol–water partition coefficient (Wildman–Crippen LogP) is 2.92. The van der Waals surface area contributed by atoms with E-state index in [0.717, 1.165) is 0 Å². The van der Waals surface area contributed by atoms with Gasteiger partial charge in [-0.1, -0.05) is 12.1 Å². The fourth-order valence-electron chi connectivity index (χ4n) is 0.744. The third kappa shape index (κ3) is 2.02. The van der Waals surface area contributed by atoms with E-state index in [4.69, 9.17) is 5.26 Å². The minimum atomic E-state index is -1.18. The Morgan fingerprint density at radius 3 is 2.82 bits per heavy atom. The first-order chi connectivity index (χ1) is 5.24. The van der Waals surface area contributed by atoms with Crippen LogP contribution in [0, 0.1) is 11.3 Å². The van der Waals surface area contributed by atoms with Crippen LogP contribution in [0.1, 0.15) is 16.2 Å². The van der Waals surface area contributed by atoms with Gasteiger partial charge in [-0.3, -0.25) is 0 Å². The third-order valence-electron chi connectivity index (χ3n) is 1.27. The molecule has 0 saturated carbocycles. The third-order valence-corrected chi connectivity index (χ3v) is 1.80. The smallest absolute Gasteiger partial charge is 0.180 e. The summed E-state index contributed by atoms with van der Waals surface area (Å²) in [5.74, 6) is 0. The van der Waals surface area contributed by atoms with E-state index in [2.05, 4.69) is 15.9 Å². The van der Waals surface area contributed by atoms with Crippen LogP contribution in [0.5, 0.6) is 0 Å². The van der Waals surface area contributed by atoms with Gasteiger partial charge in [0.15, 0.2) is 5.08 Å². The highest BCUT2D eigenvalue weighted by Gasteiger charge is 2.03. The molecular weight excluding hydrogens is 209 g/mol. The van der Waals surface area contributed by atoms with E-state index in [1.54, 1.807) is 18.2 Å². The van der Waals surface area contributed by atoms with Crippen LogP contribution in [-0.4, -0.2) is 0 Å². The van der Waals surface area contributed by atoms with Gasteiger partial charge in [-0.25, -0.2) is 4.39 Å². The molecule has 0 amide bonds. The van der Waals surface area contributed by atoms with Gasteiger partial charge in [0.05, 0.1) is 11.6 Å². The molecule has 0 aromatic heterocycles. The Morgan fingerprint density at radius 1 is 1.55 bits per heavy atom. The fourth-order valence-corrected chi connectivity index (χ4v) is 1.03. The normalized spacial score (nSPS) is 12.1. The highest BCUT2D eigenvalue weighted by atomic mass is 79.9. The summed E-state index contributed by atoms with van der Waals surface area (Å²) in [5, 5.41) is 7.27. The van der Waals surface area contributed by atoms with Crippen LogP contribution in [0.25, 0.3) is 0 Å². The first-order valence-electron chi connectivity index (χ1n) is 3.02. The maximum Gasteiger partial charge on any atom is 0.180 e. The summed E-state index contributed by atoms with van der Waals surface area (Å²) >= 11 is 2.77. The Labute approximate surface area is 72.6 Å². The molecule has 1 unspecified atom stereocenters. The van der Waals surface area contributed by atoms with Crippen LogP contribution >= 0.6 is 15.9 Å². The molecule has 0 aliphatic carbocycles. The van der Waals surface area contributed by atoms with Gasteiger partial charge in [-0.15, -0.1) is 0 Å². The van der Waals surface area contributed by atoms with Gasteiger partial charge in [0.1, 0.15) is 0 Å². The lowest BCUT2D eigenvalue weighted by atomic mass is 10.1. The molecule has 0 aliphatic heterocycles. The van der Waals surface area contributed by atoms with Crippen LogP contribution in [0.3, 0.4) is 0 Å². The zero-order valence-electron chi connectivity index (χ0n) is 5.59. The molecule has 0 saturated heterocycles. The highest BCUT2D eigenvalue weighted by molar-refractivity contribution is 9.09. The van der Waals surface area contributed by atoms with Gasteiger partial charge in [0.2, 0.25) is 0 Å². The molecule has 1 aromatic rings. The van der Waals surface area contributed by atoms with Gasteiger partial charge in [-0.05, 0) is 33.6 Å². The first kappa shape index (κ1) is 8.22. The van der Waals surface area contributed by atoms with Crippen molar-refractivity contribution in [3.05, 3.63) is 35.4 Å². The number of hydrogen-bond acceptors (Lipinski definition) is 1. The van der Waals surface area contributed by atoms with Crippen molar-refractivity contribution in [1.82, 2.24) is 0 Å². The Morgan fingerprint density at radius 2 is 2.27 bits per heavy atom. The molecule has 11 heavy (non-hydrogen) atoms. The lowest BCUT2D eigenvalue weighted by molar-refractivity contribution is 0.479. The molecule has 0 aliphatic rings. The molecule has 0 spiro atoms. The summed E-state index contributed by atoms with van der Waals surface area (Å²) in [5.41, 5.74) is 0.952. The van der Waals surface area contributed by atoms with Crippen LogP contribution in [0.4, 0.5) is 4.39 Å². The molecule has 1 nitrogen and oxygen atoms in total. The van der Waals surface area contributed by atoms with Crippen molar-refractivity contribution in [2.45, 2.75) is 5.08 Å². The van der Waals surface area contributed by atoms with Crippen LogP contribution < -0.4 is 0 Å². The van der Waals surface area contributed by atoms with Crippen molar-refractivity contribution in [2.75, 3.05) is 0 Å². The van der Waals surface area contributed by atoms with Crippen molar-refractivity contribution < 1.29 is 4.39 Å². The molecule has 0 bridgehead atoms. The largest absolute Gasteiger partial charge is 0.230 e. The van der Waals surface area contributed by atoms with E-state index in [0.29, 0.717) is 11.1 Å². The van der Waals surface area contributed by atoms with Crippen molar-refractivity contribution >= 4 is 15.9 Å². The summed E-state index contributed by atoms with van der Waals surface area (Å²) in [6, 6.07) is 8.37. The zero-order valence-corrected chi connectivity index (χ0v) is 7.18. The van der Waals surface area contributed by atoms with E-state index in [-0.39, 0.29) is 0 Å². The van der Waals surface area contributed by atoms with Gasteiger partial charge >= 0.3 is 0 Å². The average molecular weight is 214 g/mol. The summed E-state index contributed by atoms with van der Waals surface area (Å²) in [6.45, 7) is 0. The van der Waals surface area contributed by atoms with Crippen molar-refractivity contribution in [2.24, 2.45) is 0 Å². The maximum absolute atomic E-state index is 12.6. The van der Waals surface area contributed by atoms with Gasteiger partial charge in [0, 0.05) is 0 Å². The van der Waals surface area contributed by atoms with E-state index in [9.17, 15) is 4.39 Å². The number of hydrogen-bond donors (Lipinski definition) is 0. The Kier molecular flexibility index (Phi) is 2.61. The second-order valence-corrected chi connectivity index (χ2v) is 2.84. The van der Waals surface area contributed by atoms with Crippen LogP contribution in [0.15, 0.2) is 24.3 Å². The number of benzene rings is 1. The Balaban J connectivity index is 3.03. The topological polar surface area (TPSA) is 23.8 Å². The lowest BCUT2D eigenvalue weighted by Gasteiger charge is -1.98. The lowest BCUT2D eigenvalue weighted by Crippen LogP contribution is -1.82. The number of alkyl halides is 2. The van der Waals surface area contributed by atoms with E-state index < -0.39 is 5.08 Å². The zero-order chi connectivity index (χ0) is 8.27. The van der Waals surface area contributed by atoms with Crippen molar-refractivity contribution in [1.29, 1.82) is 5.26 Å². The fraction of sp³-hybridized carbons (Fsp3) is 0.125. The minimum absolute atomic E-state index is 0.476. The SMILES string of the molecule is N#Cc1cccc(C(F)Br)c1. The molecule has 1 rings (SSSR count). The summed E-state index contributed by atoms with van der Waals surface area (Å²) in [7, 11) is 0. The first-order valence-corrected chi connectivity index (χ1v) is 3.94. The molecule has 0 N–H and O–H groups in total. The average Bonchev–Trinajstić information content (AvgIpc) is 2.05. The second-order valence-electron chi connectivity index (χ2n) is 2.04. The quantitative estimate of drug-likeness (QED) is 0.659. The Bertz CT molecular complexity index is 290. The van der Waals surface area contributed by atoms with Gasteiger partial charge < -0.3 is 0 Å². The second kappa shape index (κ2) is 3.49. The standard InChI is InChI=1S/C8H5BrFN/c9-8(10)7-3-1-2-6(4-7)5-11/h1-4,8H. The van der Waals surface area contributed by atoms with Crippen LogP contribution in [-0.2, 0) is 0 Å². The number of nitrogens with zero attached hydrogens (tertiary/aromatic N) is 1. The monoisotopic (exact) mass is 213 g/mol. The summed E-state index contributed by atoms with van der Waals surface area (Å²) < 4.78 is 12.6. The highest BCUT2D eigenvalue weighted by Crippen LogP contribution is 2.23. The van der Waals surface area contributed by atoms with Crippen molar-refractivity contribution in [3.8, 4) is 6.07 Å². The predicted molar refractivity (Wildman–Crippen MR) is 43.9 cm³/mol. The number of nitriles is 1. The summed E-state index contributed by atoms with van der Waals surface area (Å²) in [6.07, 6.45) is 0. The number of rotatable bonds is 1. The Hall–Kier alpha value is -0.880. The van der Waals surface area contributed by atoms with E-state index >= 15 is 0 Å². The molecule has 0 fully saturated rings. The van der Waals surface area contributed by atoms with Gasteiger partial charge in [0.25, 0.3) is 0 Å². The molecule has 1 atom stereocenters. The van der Waals surface area contributed by atoms with Crippen LogP contribution in [0.2, 0.25) is 0 Å². The molecule has 56 valence electrons. The molecule has 3 heteroatoms. The number of halogens is 2. The summed E-state index contributed by atoms with van der Waals surface area (Å²) in [4.78, 5) is 0. The maximum atomic E-state index is 12.6. The van der Waals surface area contributed by atoms with Crippen molar-refractivity contribution in [3.63, 3.8) is 0 Å². The van der Waals surface area contributed by atoms with E-state index in [1.165, 1.54) is 6.07 Å². The minimum Gasteiger partial charge on any atom is -0.230 e. The molecular formula is C8H5BrFN. The van der Waals surface area contributed by atoms with Gasteiger partial charge in [-0.2, -0.15) is 5.26 Å².